The molecule has 2 aromatic rings. The molecule has 9 heteroatoms. The van der Waals surface area contributed by atoms with Crippen LogP contribution in [-0.2, 0) is 9.47 Å². The van der Waals surface area contributed by atoms with E-state index in [4.69, 9.17) is 14.0 Å². The summed E-state index contributed by atoms with van der Waals surface area (Å²) in [5.41, 5.74) is 1.11. The molecule has 0 N–H and O–H groups in total. The lowest BCUT2D eigenvalue weighted by atomic mass is 10.2. The smallest absolute Gasteiger partial charge is 0.338 e. The van der Waals surface area contributed by atoms with Crippen molar-refractivity contribution in [1.82, 2.24) is 10.2 Å². The van der Waals surface area contributed by atoms with E-state index in [0.29, 0.717) is 44.2 Å². The number of ether oxygens (including phenoxy) is 2. The Morgan fingerprint density at radius 2 is 2.08 bits per heavy atom. The molecule has 1 aromatic heterocycles. The number of hydrogen-bond donors (Lipinski definition) is 0. The summed E-state index contributed by atoms with van der Waals surface area (Å²) in [6.07, 6.45) is 1.50. The number of benzene rings is 1. The maximum Gasteiger partial charge on any atom is 0.338 e. The van der Waals surface area contributed by atoms with E-state index in [1.807, 2.05) is 0 Å². The van der Waals surface area contributed by atoms with Crippen LogP contribution >= 0.6 is 0 Å². The zero-order valence-corrected chi connectivity index (χ0v) is 13.8. The minimum absolute atomic E-state index is 0.103. The average Bonchev–Trinajstić information content (AvgIpc) is 3.11. The maximum absolute atomic E-state index is 12.0. The molecule has 0 amide bonds. The van der Waals surface area contributed by atoms with Gasteiger partial charge in [0.25, 0.3) is 6.20 Å². The lowest BCUT2D eigenvalue weighted by Crippen LogP contribution is -2.46. The van der Waals surface area contributed by atoms with Crippen LogP contribution in [0.2, 0.25) is 0 Å². The Kier molecular flexibility index (Phi) is 5.24. The molecule has 1 aromatic carbocycles. The molecule has 0 aliphatic carbocycles. The predicted octanol–water partition coefficient (Wildman–Crippen LogP) is -0.192. The second-order valence-corrected chi connectivity index (χ2v) is 5.25. The molecule has 0 unspecified atom stereocenters. The molecule has 132 valence electrons. The third-order valence-corrected chi connectivity index (χ3v) is 3.59. The van der Waals surface area contributed by atoms with Gasteiger partial charge in [-0.15, -0.1) is 0 Å². The summed E-state index contributed by atoms with van der Waals surface area (Å²) in [4.78, 5) is 17.1. The van der Waals surface area contributed by atoms with Crippen molar-refractivity contribution in [2.75, 3.05) is 32.9 Å². The van der Waals surface area contributed by atoms with Crippen LogP contribution in [0.5, 0.6) is 0 Å². The molecule has 0 atom stereocenters. The summed E-state index contributed by atoms with van der Waals surface area (Å²) in [6.45, 7) is 4.09. The van der Waals surface area contributed by atoms with E-state index < -0.39 is 0 Å². The molecule has 9 nitrogen and oxygen atoms in total. The van der Waals surface area contributed by atoms with Gasteiger partial charge in [0, 0.05) is 25.2 Å². The molecule has 2 heterocycles. The molecule has 3 rings (SSSR count). The molecule has 1 aliphatic heterocycles. The van der Waals surface area contributed by atoms with Gasteiger partial charge in [-0.3, -0.25) is 4.52 Å². The van der Waals surface area contributed by atoms with Crippen molar-refractivity contribution in [2.45, 2.75) is 6.92 Å². The second kappa shape index (κ2) is 7.75. The Morgan fingerprint density at radius 3 is 2.76 bits per heavy atom. The van der Waals surface area contributed by atoms with Gasteiger partial charge in [0.1, 0.15) is 0 Å². The van der Waals surface area contributed by atoms with E-state index in [2.05, 4.69) is 10.3 Å². The van der Waals surface area contributed by atoms with Gasteiger partial charge in [-0.2, -0.15) is 0 Å². The minimum atomic E-state index is -0.385. The van der Waals surface area contributed by atoms with Gasteiger partial charge >= 0.3 is 11.9 Å². The van der Waals surface area contributed by atoms with Gasteiger partial charge in [0.2, 0.25) is 11.0 Å². The van der Waals surface area contributed by atoms with Crippen LogP contribution in [0.25, 0.3) is 5.69 Å². The highest BCUT2D eigenvalue weighted by atomic mass is 16.5. The fraction of sp³-hybridized carbons (Fsp3) is 0.375. The van der Waals surface area contributed by atoms with Crippen LogP contribution in [0.3, 0.4) is 0 Å². The Hall–Kier alpha value is -2.94. The number of amidine groups is 1. The molecule has 1 saturated heterocycles. The maximum atomic E-state index is 12.0. The average molecular weight is 346 g/mol. The van der Waals surface area contributed by atoms with Gasteiger partial charge in [0.15, 0.2) is 0 Å². The van der Waals surface area contributed by atoms with Crippen molar-refractivity contribution in [3.8, 4) is 5.69 Å². The SMILES string of the molecule is CCOC(=O)c1ccc(-[n+]2cc(/N=C(\[O-])N3CCOCC3)on2)cc1. The number of carbonyl (C=O) groups is 1. The molecule has 0 spiro atoms. The van der Waals surface area contributed by atoms with E-state index in [1.165, 1.54) is 10.9 Å². The van der Waals surface area contributed by atoms with Gasteiger partial charge in [-0.25, -0.2) is 9.79 Å². The number of carbonyl (C=O) groups excluding carboxylic acids is 1. The fourth-order valence-electron chi connectivity index (χ4n) is 2.29. The summed E-state index contributed by atoms with van der Waals surface area (Å²) in [7, 11) is 0. The molecule has 25 heavy (non-hydrogen) atoms. The number of aliphatic imine (C=N–C) groups is 1. The van der Waals surface area contributed by atoms with Crippen LogP contribution in [0.15, 0.2) is 40.0 Å². The largest absolute Gasteiger partial charge is 0.846 e. The fourth-order valence-corrected chi connectivity index (χ4v) is 2.29. The van der Waals surface area contributed by atoms with Crippen LogP contribution in [-0.4, -0.2) is 55.1 Å². The number of hydrogen-bond acceptors (Lipinski definition) is 7. The monoisotopic (exact) mass is 346 g/mol. The lowest BCUT2D eigenvalue weighted by Gasteiger charge is -2.32. The molecule has 0 saturated carbocycles. The van der Waals surface area contributed by atoms with E-state index in [1.54, 1.807) is 36.1 Å². The van der Waals surface area contributed by atoms with Crippen LogP contribution in [0, 0.1) is 0 Å². The van der Waals surface area contributed by atoms with Gasteiger partial charge in [-0.1, -0.05) is 0 Å². The third kappa shape index (κ3) is 4.13. The summed E-state index contributed by atoms with van der Waals surface area (Å²) < 4.78 is 16.6. The zero-order chi connectivity index (χ0) is 17.6. The van der Waals surface area contributed by atoms with Crippen LogP contribution in [0.1, 0.15) is 17.3 Å². The van der Waals surface area contributed by atoms with E-state index in [0.717, 1.165) is 0 Å². The first-order valence-electron chi connectivity index (χ1n) is 7.92. The van der Waals surface area contributed by atoms with Gasteiger partial charge in [-0.05, 0) is 23.7 Å². The number of morpholine rings is 1. The van der Waals surface area contributed by atoms with Crippen molar-refractivity contribution < 1.29 is 28.6 Å². The number of rotatable bonds is 4. The number of esters is 1. The van der Waals surface area contributed by atoms with Crippen molar-refractivity contribution in [2.24, 2.45) is 4.99 Å². The highest BCUT2D eigenvalue weighted by molar-refractivity contribution is 5.89. The molecular weight excluding hydrogens is 328 g/mol. The predicted molar refractivity (Wildman–Crippen MR) is 83.5 cm³/mol. The summed E-state index contributed by atoms with van der Waals surface area (Å²) >= 11 is 0. The molecule has 0 radical (unpaired) electrons. The van der Waals surface area contributed by atoms with E-state index in [9.17, 15) is 9.90 Å². The summed E-state index contributed by atoms with van der Waals surface area (Å²) in [5.74, 6) is -0.281. The van der Waals surface area contributed by atoms with E-state index in [-0.39, 0.29) is 17.9 Å². The van der Waals surface area contributed by atoms with Crippen LogP contribution < -0.4 is 9.79 Å². The van der Waals surface area contributed by atoms with E-state index >= 15 is 0 Å². The van der Waals surface area contributed by atoms with Crippen molar-refractivity contribution >= 4 is 17.9 Å². The molecule has 0 bridgehead atoms. The van der Waals surface area contributed by atoms with Crippen molar-refractivity contribution in [3.63, 3.8) is 0 Å². The highest BCUT2D eigenvalue weighted by Crippen LogP contribution is 2.11. The lowest BCUT2D eigenvalue weighted by molar-refractivity contribution is -0.670. The molecule has 1 fully saturated rings. The summed E-state index contributed by atoms with van der Waals surface area (Å²) in [5, 5.41) is 15.9. The molecule has 1 aliphatic rings. The third-order valence-electron chi connectivity index (χ3n) is 3.59. The highest BCUT2D eigenvalue weighted by Gasteiger charge is 2.16. The minimum Gasteiger partial charge on any atom is -0.846 e. The number of aromatic nitrogens is 2. The Bertz CT molecular complexity index is 750. The van der Waals surface area contributed by atoms with Crippen molar-refractivity contribution in [1.29, 1.82) is 0 Å². The first-order valence-corrected chi connectivity index (χ1v) is 7.92. The second-order valence-electron chi connectivity index (χ2n) is 5.25. The van der Waals surface area contributed by atoms with Gasteiger partial charge in [0.05, 0.1) is 31.4 Å². The first kappa shape index (κ1) is 16.9. The zero-order valence-electron chi connectivity index (χ0n) is 13.8. The van der Waals surface area contributed by atoms with Crippen LogP contribution in [0.4, 0.5) is 5.88 Å². The first-order chi connectivity index (χ1) is 12.2. The standard InChI is InChI=1S/C16H18N4O5/c1-2-24-15(21)12-3-5-13(6-4-12)20-11-14(25-18-20)17-16(22)19-7-9-23-10-8-19/h3-6,11H,2,7-10H2,1H3. The Balaban J connectivity index is 1.71. The normalized spacial score (nSPS) is 15.2. The summed E-state index contributed by atoms with van der Waals surface area (Å²) in [6, 6.07) is 6.27. The van der Waals surface area contributed by atoms with Gasteiger partial charge < -0.3 is 19.5 Å². The number of nitrogens with zero attached hydrogens (tertiary/aromatic N) is 4. The topological polar surface area (TPSA) is 104 Å². The Labute approximate surface area is 144 Å². The van der Waals surface area contributed by atoms with Crippen molar-refractivity contribution in [3.05, 3.63) is 36.0 Å². The quantitative estimate of drug-likeness (QED) is 0.327. The molecular formula is C16H18N4O5. The Morgan fingerprint density at radius 1 is 1.36 bits per heavy atom.